The second kappa shape index (κ2) is 5.76. The van der Waals surface area contributed by atoms with Crippen molar-refractivity contribution in [1.29, 1.82) is 0 Å². The summed E-state index contributed by atoms with van der Waals surface area (Å²) in [5.41, 5.74) is 0.164. The SMILES string of the molecule is Cn1nnnc1SCC1CC(c2c(F)cccc2F)=NO1. The van der Waals surface area contributed by atoms with Crippen molar-refractivity contribution in [2.24, 2.45) is 12.2 Å². The normalized spacial score (nSPS) is 17.7. The Balaban J connectivity index is 1.64. The molecule has 9 heteroatoms. The molecule has 0 amide bonds. The molecule has 0 N–H and O–H groups in total. The Morgan fingerprint density at radius 3 is 2.81 bits per heavy atom. The van der Waals surface area contributed by atoms with Crippen molar-refractivity contribution in [2.75, 3.05) is 5.75 Å². The maximum Gasteiger partial charge on any atom is 0.209 e. The highest BCUT2D eigenvalue weighted by atomic mass is 32.2. The van der Waals surface area contributed by atoms with Gasteiger partial charge in [0.1, 0.15) is 17.7 Å². The molecule has 1 unspecified atom stereocenters. The van der Waals surface area contributed by atoms with Gasteiger partial charge in [0.2, 0.25) is 5.16 Å². The first-order valence-corrected chi connectivity index (χ1v) is 7.16. The molecule has 1 aliphatic heterocycles. The molecule has 1 aliphatic rings. The van der Waals surface area contributed by atoms with Gasteiger partial charge in [-0.2, -0.15) is 0 Å². The van der Waals surface area contributed by atoms with Crippen LogP contribution in [0.15, 0.2) is 28.5 Å². The van der Waals surface area contributed by atoms with Gasteiger partial charge in [-0.15, -0.1) is 5.10 Å². The number of tetrazole rings is 1. The Morgan fingerprint density at radius 1 is 1.38 bits per heavy atom. The molecule has 1 aromatic carbocycles. The maximum atomic E-state index is 13.7. The summed E-state index contributed by atoms with van der Waals surface area (Å²) >= 11 is 1.40. The molecular formula is C12H11F2N5OS. The summed E-state index contributed by atoms with van der Waals surface area (Å²) < 4.78 is 28.9. The molecular weight excluding hydrogens is 300 g/mol. The fraction of sp³-hybridized carbons (Fsp3) is 0.333. The van der Waals surface area contributed by atoms with Gasteiger partial charge in [-0.05, 0) is 22.6 Å². The Bertz CT molecular complexity index is 670. The van der Waals surface area contributed by atoms with Crippen LogP contribution in [-0.2, 0) is 11.9 Å². The third-order valence-corrected chi connectivity index (χ3v) is 4.11. The third kappa shape index (κ3) is 2.87. The van der Waals surface area contributed by atoms with Crippen LogP contribution in [0.25, 0.3) is 0 Å². The van der Waals surface area contributed by atoms with Crippen molar-refractivity contribution in [1.82, 2.24) is 20.2 Å². The lowest BCUT2D eigenvalue weighted by Gasteiger charge is -2.06. The first-order chi connectivity index (χ1) is 10.1. The van der Waals surface area contributed by atoms with Crippen LogP contribution in [-0.4, -0.2) is 37.8 Å². The van der Waals surface area contributed by atoms with Gasteiger partial charge in [-0.25, -0.2) is 13.5 Å². The van der Waals surface area contributed by atoms with Crippen LogP contribution in [0.5, 0.6) is 0 Å². The zero-order chi connectivity index (χ0) is 14.8. The minimum atomic E-state index is -0.636. The van der Waals surface area contributed by atoms with E-state index in [-0.39, 0.29) is 17.4 Å². The molecule has 0 saturated carbocycles. The molecule has 1 atom stereocenters. The molecule has 0 aliphatic carbocycles. The maximum absolute atomic E-state index is 13.7. The molecule has 0 spiro atoms. The third-order valence-electron chi connectivity index (χ3n) is 2.96. The summed E-state index contributed by atoms with van der Waals surface area (Å²) in [7, 11) is 1.73. The monoisotopic (exact) mass is 311 g/mol. The number of aromatic nitrogens is 4. The molecule has 3 rings (SSSR count). The molecule has 6 nitrogen and oxygen atoms in total. The molecule has 1 aromatic heterocycles. The lowest BCUT2D eigenvalue weighted by molar-refractivity contribution is 0.103. The van der Waals surface area contributed by atoms with Gasteiger partial charge in [0.25, 0.3) is 0 Å². The lowest BCUT2D eigenvalue weighted by Crippen LogP contribution is -2.13. The average Bonchev–Trinajstić information content (AvgIpc) is 3.06. The van der Waals surface area contributed by atoms with Crippen LogP contribution >= 0.6 is 11.8 Å². The van der Waals surface area contributed by atoms with E-state index in [1.807, 2.05) is 0 Å². The smallest absolute Gasteiger partial charge is 0.209 e. The first-order valence-electron chi connectivity index (χ1n) is 6.17. The fourth-order valence-electron chi connectivity index (χ4n) is 1.95. The van der Waals surface area contributed by atoms with E-state index in [2.05, 4.69) is 20.7 Å². The van der Waals surface area contributed by atoms with E-state index in [1.54, 1.807) is 7.05 Å². The van der Waals surface area contributed by atoms with Gasteiger partial charge in [-0.1, -0.05) is 23.0 Å². The van der Waals surface area contributed by atoms with E-state index in [1.165, 1.54) is 34.6 Å². The van der Waals surface area contributed by atoms with E-state index >= 15 is 0 Å². The predicted molar refractivity (Wildman–Crippen MR) is 71.9 cm³/mol. The van der Waals surface area contributed by atoms with Crippen LogP contribution in [0.2, 0.25) is 0 Å². The van der Waals surface area contributed by atoms with Crippen LogP contribution in [0.4, 0.5) is 8.78 Å². The summed E-state index contributed by atoms with van der Waals surface area (Å²) in [5, 5.41) is 15.5. The average molecular weight is 311 g/mol. The van der Waals surface area contributed by atoms with E-state index in [0.29, 0.717) is 17.3 Å². The molecule has 0 bridgehead atoms. The van der Waals surface area contributed by atoms with Crippen LogP contribution in [0.3, 0.4) is 0 Å². The fourth-order valence-corrected chi connectivity index (χ4v) is 2.78. The van der Waals surface area contributed by atoms with Gasteiger partial charge < -0.3 is 4.84 Å². The minimum Gasteiger partial charge on any atom is -0.391 e. The standard InChI is InChI=1S/C12H11F2N5OS/c1-19-12(15-17-18-19)21-6-7-5-10(16-20-7)11-8(13)3-2-4-9(11)14/h2-4,7H,5-6H2,1H3. The Kier molecular flexibility index (Phi) is 3.82. The highest BCUT2D eigenvalue weighted by Gasteiger charge is 2.26. The number of rotatable bonds is 4. The number of nitrogens with zero attached hydrogens (tertiary/aromatic N) is 5. The topological polar surface area (TPSA) is 65.2 Å². The molecule has 2 heterocycles. The molecule has 0 saturated heterocycles. The number of thioether (sulfide) groups is 1. The van der Waals surface area contributed by atoms with Crippen molar-refractivity contribution >= 4 is 17.5 Å². The highest BCUT2D eigenvalue weighted by molar-refractivity contribution is 7.99. The van der Waals surface area contributed by atoms with Crippen LogP contribution in [0, 0.1) is 11.6 Å². The van der Waals surface area contributed by atoms with Crippen molar-refractivity contribution < 1.29 is 13.6 Å². The van der Waals surface area contributed by atoms with Gasteiger partial charge >= 0.3 is 0 Å². The molecule has 21 heavy (non-hydrogen) atoms. The van der Waals surface area contributed by atoms with Crippen molar-refractivity contribution in [3.05, 3.63) is 35.4 Å². The quantitative estimate of drug-likeness (QED) is 0.805. The van der Waals surface area contributed by atoms with Crippen LogP contribution < -0.4 is 0 Å². The summed E-state index contributed by atoms with van der Waals surface area (Å²) in [6, 6.07) is 3.72. The van der Waals surface area contributed by atoms with Gasteiger partial charge in [0.15, 0.2) is 0 Å². The number of oxime groups is 1. The van der Waals surface area contributed by atoms with E-state index in [0.717, 1.165) is 0 Å². The number of aryl methyl sites for hydroxylation is 1. The molecule has 2 aromatic rings. The van der Waals surface area contributed by atoms with Crippen molar-refractivity contribution in [2.45, 2.75) is 17.7 Å². The van der Waals surface area contributed by atoms with Crippen molar-refractivity contribution in [3.8, 4) is 0 Å². The Morgan fingerprint density at radius 2 is 2.14 bits per heavy atom. The summed E-state index contributed by atoms with van der Waals surface area (Å²) in [6.07, 6.45) is 0.0802. The summed E-state index contributed by atoms with van der Waals surface area (Å²) in [5.74, 6) is -0.733. The number of halogens is 2. The zero-order valence-electron chi connectivity index (χ0n) is 11.0. The van der Waals surface area contributed by atoms with E-state index < -0.39 is 11.6 Å². The second-order valence-corrected chi connectivity index (χ2v) is 5.45. The van der Waals surface area contributed by atoms with Crippen LogP contribution in [0.1, 0.15) is 12.0 Å². The second-order valence-electron chi connectivity index (χ2n) is 4.46. The summed E-state index contributed by atoms with van der Waals surface area (Å²) in [4.78, 5) is 5.22. The Hall–Kier alpha value is -2.03. The highest BCUT2D eigenvalue weighted by Crippen LogP contribution is 2.25. The van der Waals surface area contributed by atoms with E-state index in [4.69, 9.17) is 4.84 Å². The first kappa shape index (κ1) is 13.9. The van der Waals surface area contributed by atoms with Gasteiger partial charge in [-0.3, -0.25) is 0 Å². The number of benzene rings is 1. The number of hydrogen-bond donors (Lipinski definition) is 0. The molecule has 0 radical (unpaired) electrons. The molecule has 0 fully saturated rings. The van der Waals surface area contributed by atoms with Crippen molar-refractivity contribution in [3.63, 3.8) is 0 Å². The summed E-state index contributed by atoms with van der Waals surface area (Å²) in [6.45, 7) is 0. The lowest BCUT2D eigenvalue weighted by atomic mass is 10.0. The van der Waals surface area contributed by atoms with Gasteiger partial charge in [0.05, 0.1) is 11.3 Å². The van der Waals surface area contributed by atoms with Gasteiger partial charge in [0, 0.05) is 19.2 Å². The Labute approximate surface area is 123 Å². The zero-order valence-corrected chi connectivity index (χ0v) is 11.8. The largest absolute Gasteiger partial charge is 0.391 e. The van der Waals surface area contributed by atoms with E-state index in [9.17, 15) is 8.78 Å². The predicted octanol–water partition coefficient (Wildman–Crippen LogP) is 1.77. The number of hydrogen-bond acceptors (Lipinski definition) is 6. The molecule has 110 valence electrons. The minimum absolute atomic E-state index is 0.120.